The van der Waals surface area contributed by atoms with Crippen LogP contribution in [0.5, 0.6) is 0 Å². The zero-order valence-electron chi connectivity index (χ0n) is 11.0. The number of carbonyl (C=O) groups excluding carboxylic acids is 1. The van der Waals surface area contributed by atoms with Gasteiger partial charge in [-0.1, -0.05) is 6.92 Å². The second-order valence-electron chi connectivity index (χ2n) is 5.13. The number of morpholine rings is 1. The first-order chi connectivity index (χ1) is 8.22. The highest BCUT2D eigenvalue weighted by atomic mass is 16.5. The molecule has 1 atom stereocenters. The summed E-state index contributed by atoms with van der Waals surface area (Å²) in [4.78, 5) is 16.2. The maximum absolute atomic E-state index is 11.6. The van der Waals surface area contributed by atoms with Crippen molar-refractivity contribution in [3.8, 4) is 0 Å². The van der Waals surface area contributed by atoms with Gasteiger partial charge in [0.1, 0.15) is 0 Å². The van der Waals surface area contributed by atoms with Gasteiger partial charge in [0.05, 0.1) is 13.2 Å². The molecule has 0 unspecified atom stereocenters. The van der Waals surface area contributed by atoms with Crippen molar-refractivity contribution >= 4 is 5.91 Å². The van der Waals surface area contributed by atoms with Crippen molar-refractivity contribution in [2.45, 2.75) is 45.2 Å². The molecule has 0 aromatic carbocycles. The number of amides is 1. The van der Waals surface area contributed by atoms with Crippen molar-refractivity contribution in [1.29, 1.82) is 0 Å². The fourth-order valence-electron chi connectivity index (χ4n) is 2.95. The summed E-state index contributed by atoms with van der Waals surface area (Å²) in [6.07, 6.45) is 2.88. The molecule has 1 amide bonds. The van der Waals surface area contributed by atoms with Gasteiger partial charge < -0.3 is 9.64 Å². The Hall–Kier alpha value is -0.610. The third-order valence-electron chi connectivity index (χ3n) is 4.01. The molecule has 2 fully saturated rings. The molecule has 98 valence electrons. The molecule has 0 bridgehead atoms. The van der Waals surface area contributed by atoms with Gasteiger partial charge in [0, 0.05) is 38.1 Å². The predicted octanol–water partition coefficient (Wildman–Crippen LogP) is 1.11. The van der Waals surface area contributed by atoms with E-state index in [1.807, 2.05) is 11.8 Å². The van der Waals surface area contributed by atoms with Crippen molar-refractivity contribution < 1.29 is 9.53 Å². The third-order valence-corrected chi connectivity index (χ3v) is 4.01. The molecule has 0 aromatic heterocycles. The monoisotopic (exact) mass is 240 g/mol. The van der Waals surface area contributed by atoms with Crippen LogP contribution in [0.1, 0.15) is 33.1 Å². The van der Waals surface area contributed by atoms with Crippen molar-refractivity contribution in [3.63, 3.8) is 0 Å². The molecule has 0 N–H and O–H groups in total. The van der Waals surface area contributed by atoms with E-state index in [4.69, 9.17) is 4.74 Å². The molecular formula is C13H24N2O2. The Morgan fingerprint density at radius 1 is 1.29 bits per heavy atom. The second kappa shape index (κ2) is 5.83. The highest BCUT2D eigenvalue weighted by Gasteiger charge is 2.30. The largest absolute Gasteiger partial charge is 0.379 e. The minimum absolute atomic E-state index is 0.304. The summed E-state index contributed by atoms with van der Waals surface area (Å²) in [7, 11) is 0. The molecule has 2 rings (SSSR count). The van der Waals surface area contributed by atoms with E-state index >= 15 is 0 Å². The van der Waals surface area contributed by atoms with Gasteiger partial charge in [-0.05, 0) is 19.8 Å². The van der Waals surface area contributed by atoms with E-state index in [0.29, 0.717) is 24.4 Å². The van der Waals surface area contributed by atoms with E-state index < -0.39 is 0 Å². The number of rotatable bonds is 2. The lowest BCUT2D eigenvalue weighted by atomic mass is 10.0. The van der Waals surface area contributed by atoms with E-state index in [9.17, 15) is 4.79 Å². The molecule has 0 radical (unpaired) electrons. The standard InChI is InChI=1S/C13H24N2O2/c1-3-13(16)14-6-4-12(5-7-14)15-8-9-17-10-11(15)2/h11-12H,3-10H2,1-2H3/t11-/m1/s1. The SMILES string of the molecule is CCC(=O)N1CCC(N2CCOC[C@H]2C)CC1. The first kappa shape index (κ1) is 12.8. The van der Waals surface area contributed by atoms with Gasteiger partial charge in [-0.3, -0.25) is 9.69 Å². The smallest absolute Gasteiger partial charge is 0.222 e. The van der Waals surface area contributed by atoms with Gasteiger partial charge in [-0.15, -0.1) is 0 Å². The van der Waals surface area contributed by atoms with Crippen LogP contribution in [-0.2, 0) is 9.53 Å². The molecule has 4 nitrogen and oxygen atoms in total. The fourth-order valence-corrected chi connectivity index (χ4v) is 2.95. The second-order valence-corrected chi connectivity index (χ2v) is 5.13. The lowest BCUT2D eigenvalue weighted by Gasteiger charge is -2.43. The molecule has 2 aliphatic rings. The van der Waals surface area contributed by atoms with Crippen LogP contribution in [0, 0.1) is 0 Å². The lowest BCUT2D eigenvalue weighted by molar-refractivity contribution is -0.133. The molecule has 0 aliphatic carbocycles. The number of likely N-dealkylation sites (tertiary alicyclic amines) is 1. The minimum Gasteiger partial charge on any atom is -0.379 e. The first-order valence-corrected chi connectivity index (χ1v) is 6.83. The molecule has 0 spiro atoms. The molecule has 4 heteroatoms. The summed E-state index contributed by atoms with van der Waals surface area (Å²) < 4.78 is 5.47. The number of hydrogen-bond acceptors (Lipinski definition) is 3. The number of nitrogens with zero attached hydrogens (tertiary/aromatic N) is 2. The topological polar surface area (TPSA) is 32.8 Å². The van der Waals surface area contributed by atoms with Gasteiger partial charge in [0.25, 0.3) is 0 Å². The van der Waals surface area contributed by atoms with Crippen LogP contribution in [0.4, 0.5) is 0 Å². The van der Waals surface area contributed by atoms with Crippen LogP contribution < -0.4 is 0 Å². The zero-order valence-corrected chi connectivity index (χ0v) is 11.0. The number of carbonyl (C=O) groups is 1. The van der Waals surface area contributed by atoms with Crippen LogP contribution in [-0.4, -0.2) is 60.6 Å². The van der Waals surface area contributed by atoms with Gasteiger partial charge in [-0.25, -0.2) is 0 Å². The van der Waals surface area contributed by atoms with Crippen molar-refractivity contribution in [1.82, 2.24) is 9.80 Å². The average Bonchev–Trinajstić information content (AvgIpc) is 2.39. The van der Waals surface area contributed by atoms with E-state index in [2.05, 4.69) is 11.8 Å². The first-order valence-electron chi connectivity index (χ1n) is 6.83. The van der Waals surface area contributed by atoms with Gasteiger partial charge in [-0.2, -0.15) is 0 Å². The van der Waals surface area contributed by atoms with Gasteiger partial charge in [0.2, 0.25) is 5.91 Å². The molecule has 0 saturated carbocycles. The van der Waals surface area contributed by atoms with Crippen molar-refractivity contribution in [2.75, 3.05) is 32.8 Å². The summed E-state index contributed by atoms with van der Waals surface area (Å²) in [5.41, 5.74) is 0. The summed E-state index contributed by atoms with van der Waals surface area (Å²) in [5.74, 6) is 0.304. The van der Waals surface area contributed by atoms with E-state index in [1.54, 1.807) is 0 Å². The predicted molar refractivity (Wildman–Crippen MR) is 66.9 cm³/mol. The Kier molecular flexibility index (Phi) is 4.40. The normalized spacial score (nSPS) is 28.4. The lowest BCUT2D eigenvalue weighted by Crippen LogP contribution is -2.53. The zero-order chi connectivity index (χ0) is 12.3. The Balaban J connectivity index is 1.83. The molecule has 2 heterocycles. The summed E-state index contributed by atoms with van der Waals surface area (Å²) in [5, 5.41) is 0. The van der Waals surface area contributed by atoms with Crippen LogP contribution in [0.3, 0.4) is 0 Å². The molecule has 0 aromatic rings. The van der Waals surface area contributed by atoms with Crippen molar-refractivity contribution in [3.05, 3.63) is 0 Å². The van der Waals surface area contributed by atoms with Crippen molar-refractivity contribution in [2.24, 2.45) is 0 Å². The molecule has 2 saturated heterocycles. The highest BCUT2D eigenvalue weighted by molar-refractivity contribution is 5.75. The fraction of sp³-hybridized carbons (Fsp3) is 0.923. The Labute approximate surface area is 104 Å². The third kappa shape index (κ3) is 2.99. The van der Waals surface area contributed by atoms with Crippen LogP contribution in [0.15, 0.2) is 0 Å². The Morgan fingerprint density at radius 2 is 2.00 bits per heavy atom. The molecule has 2 aliphatic heterocycles. The number of ether oxygens (including phenoxy) is 1. The molecule has 17 heavy (non-hydrogen) atoms. The summed E-state index contributed by atoms with van der Waals surface area (Å²) in [6.45, 7) is 8.81. The van der Waals surface area contributed by atoms with E-state index in [0.717, 1.165) is 45.7 Å². The maximum atomic E-state index is 11.6. The van der Waals surface area contributed by atoms with Crippen LogP contribution in [0.2, 0.25) is 0 Å². The van der Waals surface area contributed by atoms with E-state index in [-0.39, 0.29) is 0 Å². The molecular weight excluding hydrogens is 216 g/mol. The maximum Gasteiger partial charge on any atom is 0.222 e. The highest BCUT2D eigenvalue weighted by Crippen LogP contribution is 2.21. The average molecular weight is 240 g/mol. The summed E-state index contributed by atoms with van der Waals surface area (Å²) in [6, 6.07) is 1.18. The van der Waals surface area contributed by atoms with Crippen LogP contribution in [0.25, 0.3) is 0 Å². The van der Waals surface area contributed by atoms with Gasteiger partial charge in [0.15, 0.2) is 0 Å². The number of hydrogen-bond donors (Lipinski definition) is 0. The van der Waals surface area contributed by atoms with Crippen LogP contribution >= 0.6 is 0 Å². The quantitative estimate of drug-likeness (QED) is 0.725. The van der Waals surface area contributed by atoms with Gasteiger partial charge >= 0.3 is 0 Å². The van der Waals surface area contributed by atoms with E-state index in [1.165, 1.54) is 0 Å². The minimum atomic E-state index is 0.304. The number of piperidine rings is 1. The Morgan fingerprint density at radius 3 is 2.59 bits per heavy atom. The summed E-state index contributed by atoms with van der Waals surface area (Å²) >= 11 is 0. The Bertz CT molecular complexity index is 262.